The van der Waals surface area contributed by atoms with Crippen LogP contribution in [0.15, 0.2) is 17.0 Å². The topological polar surface area (TPSA) is 28.6 Å². The first-order valence-electron chi connectivity index (χ1n) is 9.44. The van der Waals surface area contributed by atoms with Crippen LogP contribution in [-0.4, -0.2) is 60.1 Å². The van der Waals surface area contributed by atoms with Crippen molar-refractivity contribution in [2.24, 2.45) is 10.8 Å². The van der Waals surface area contributed by atoms with Crippen molar-refractivity contribution in [3.05, 3.63) is 23.5 Å². The Labute approximate surface area is 162 Å². The zero-order valence-corrected chi connectivity index (χ0v) is 16.6. The van der Waals surface area contributed by atoms with Gasteiger partial charge in [0.05, 0.1) is 5.69 Å². The van der Waals surface area contributed by atoms with E-state index in [1.165, 1.54) is 11.9 Å². The number of rotatable bonds is 4. The van der Waals surface area contributed by atoms with E-state index in [0.717, 1.165) is 69.7 Å². The summed E-state index contributed by atoms with van der Waals surface area (Å²) in [5.74, 6) is 0. The highest BCUT2D eigenvalue weighted by Gasteiger charge is 2.52. The van der Waals surface area contributed by atoms with E-state index in [-0.39, 0.29) is 0 Å². The number of aryl methyl sites for hydroxylation is 1. The number of pyridine rings is 1. The molecule has 0 saturated carbocycles. The molecule has 0 atom stereocenters. The lowest BCUT2D eigenvalue weighted by Crippen LogP contribution is -2.71. The fourth-order valence-electron chi connectivity index (χ4n) is 4.48. The SMILES string of the molecule is Cc1nc(C(F)(F)F)ccc1SN1CC2(CN(CC3(C)CCOCC3)C2)C1. The molecule has 0 radical (unpaired) electrons. The molecule has 3 saturated heterocycles. The van der Waals surface area contributed by atoms with Gasteiger partial charge >= 0.3 is 6.18 Å². The Morgan fingerprint density at radius 3 is 2.41 bits per heavy atom. The number of hydrogen-bond acceptors (Lipinski definition) is 5. The van der Waals surface area contributed by atoms with Crippen LogP contribution in [0.2, 0.25) is 0 Å². The molecule has 4 nitrogen and oxygen atoms in total. The van der Waals surface area contributed by atoms with Crippen LogP contribution in [0.5, 0.6) is 0 Å². The molecule has 0 aliphatic carbocycles. The third-order valence-corrected chi connectivity index (χ3v) is 7.15. The van der Waals surface area contributed by atoms with Crippen molar-refractivity contribution in [3.63, 3.8) is 0 Å². The van der Waals surface area contributed by atoms with Crippen LogP contribution < -0.4 is 0 Å². The molecule has 1 spiro atoms. The molecule has 0 aromatic carbocycles. The lowest BCUT2D eigenvalue weighted by molar-refractivity contribution is -0.141. The van der Waals surface area contributed by atoms with Crippen LogP contribution in [0.1, 0.15) is 31.2 Å². The first-order chi connectivity index (χ1) is 12.7. The van der Waals surface area contributed by atoms with Gasteiger partial charge in [-0.2, -0.15) is 13.2 Å². The van der Waals surface area contributed by atoms with E-state index in [9.17, 15) is 13.2 Å². The molecule has 0 N–H and O–H groups in total. The zero-order chi connectivity index (χ0) is 19.3. The summed E-state index contributed by atoms with van der Waals surface area (Å²) >= 11 is 1.53. The van der Waals surface area contributed by atoms with Crippen molar-refractivity contribution in [1.29, 1.82) is 0 Å². The molecule has 0 bridgehead atoms. The maximum absolute atomic E-state index is 12.7. The minimum absolute atomic E-state index is 0.376. The summed E-state index contributed by atoms with van der Waals surface area (Å²) in [4.78, 5) is 7.08. The maximum Gasteiger partial charge on any atom is 0.433 e. The van der Waals surface area contributed by atoms with Crippen LogP contribution in [-0.2, 0) is 10.9 Å². The Balaban J connectivity index is 1.25. The molecule has 0 unspecified atom stereocenters. The first kappa shape index (κ1) is 19.5. The van der Waals surface area contributed by atoms with E-state index < -0.39 is 11.9 Å². The Bertz CT molecular complexity index is 692. The summed E-state index contributed by atoms with van der Waals surface area (Å²) in [5, 5.41) is 0. The van der Waals surface area contributed by atoms with Gasteiger partial charge < -0.3 is 9.64 Å². The third kappa shape index (κ3) is 4.13. The number of halogens is 3. The number of nitrogens with zero attached hydrogens (tertiary/aromatic N) is 3. The number of aromatic nitrogens is 1. The zero-order valence-electron chi connectivity index (χ0n) is 15.8. The van der Waals surface area contributed by atoms with Crippen molar-refractivity contribution in [1.82, 2.24) is 14.2 Å². The summed E-state index contributed by atoms with van der Waals surface area (Å²) in [6.07, 6.45) is -2.11. The fourth-order valence-corrected chi connectivity index (χ4v) is 5.75. The largest absolute Gasteiger partial charge is 0.433 e. The summed E-state index contributed by atoms with van der Waals surface area (Å²) in [7, 11) is 0. The molecule has 27 heavy (non-hydrogen) atoms. The predicted molar refractivity (Wildman–Crippen MR) is 98.4 cm³/mol. The van der Waals surface area contributed by atoms with Gasteiger partial charge in [-0.1, -0.05) is 6.92 Å². The molecular formula is C19H26F3N3OS. The highest BCUT2D eigenvalue weighted by atomic mass is 32.2. The molecule has 1 aromatic rings. The van der Waals surface area contributed by atoms with Gasteiger partial charge in [0.25, 0.3) is 0 Å². The monoisotopic (exact) mass is 401 g/mol. The minimum Gasteiger partial charge on any atom is -0.381 e. The van der Waals surface area contributed by atoms with Gasteiger partial charge in [0, 0.05) is 56.2 Å². The number of ether oxygens (including phenoxy) is 1. The van der Waals surface area contributed by atoms with E-state index in [2.05, 4.69) is 21.1 Å². The van der Waals surface area contributed by atoms with Crippen LogP contribution in [0, 0.1) is 17.8 Å². The first-order valence-corrected chi connectivity index (χ1v) is 10.2. The average Bonchev–Trinajstić information content (AvgIpc) is 2.52. The normalized spacial score (nSPS) is 25.2. The van der Waals surface area contributed by atoms with E-state index in [1.54, 1.807) is 13.0 Å². The summed E-state index contributed by atoms with van der Waals surface area (Å²) < 4.78 is 45.9. The molecule has 4 rings (SSSR count). The van der Waals surface area contributed by atoms with Gasteiger partial charge in [0.1, 0.15) is 5.69 Å². The predicted octanol–water partition coefficient (Wildman–Crippen LogP) is 3.85. The summed E-state index contributed by atoms with van der Waals surface area (Å²) in [6.45, 7) is 11.2. The van der Waals surface area contributed by atoms with Gasteiger partial charge in [0.2, 0.25) is 0 Å². The third-order valence-electron chi connectivity index (χ3n) is 6.00. The Morgan fingerprint density at radius 1 is 1.15 bits per heavy atom. The van der Waals surface area contributed by atoms with Crippen molar-refractivity contribution in [3.8, 4) is 0 Å². The van der Waals surface area contributed by atoms with Crippen LogP contribution in [0.4, 0.5) is 13.2 Å². The number of hydrogen-bond donors (Lipinski definition) is 0. The molecule has 150 valence electrons. The molecule has 4 heterocycles. The molecule has 3 aliphatic heterocycles. The molecule has 3 fully saturated rings. The summed E-state index contributed by atoms with van der Waals surface area (Å²) in [5.41, 5.74) is 0.377. The lowest BCUT2D eigenvalue weighted by atomic mass is 9.72. The van der Waals surface area contributed by atoms with E-state index >= 15 is 0 Å². The van der Waals surface area contributed by atoms with Gasteiger partial charge in [-0.15, -0.1) is 0 Å². The van der Waals surface area contributed by atoms with Crippen LogP contribution in [0.25, 0.3) is 0 Å². The summed E-state index contributed by atoms with van der Waals surface area (Å²) in [6, 6.07) is 2.62. The standard InChI is InChI=1S/C19H26F3N3OS/c1-14-15(3-4-16(23-14)19(20,21)22)27-25-12-18(13-25)10-24(11-18)9-17(2)5-7-26-8-6-17/h3-4H,5-13H2,1-2H3. The molecular weight excluding hydrogens is 375 g/mol. The second kappa shape index (κ2) is 6.90. The molecule has 1 aromatic heterocycles. The van der Waals surface area contributed by atoms with Crippen molar-refractivity contribution in [2.75, 3.05) is 45.9 Å². The lowest BCUT2D eigenvalue weighted by Gasteiger charge is -2.61. The average molecular weight is 401 g/mol. The highest BCUT2D eigenvalue weighted by Crippen LogP contribution is 2.46. The number of likely N-dealkylation sites (tertiary alicyclic amines) is 1. The van der Waals surface area contributed by atoms with Crippen molar-refractivity contribution in [2.45, 2.75) is 37.8 Å². The van der Waals surface area contributed by atoms with E-state index in [4.69, 9.17) is 4.74 Å². The van der Waals surface area contributed by atoms with Crippen LogP contribution in [0.3, 0.4) is 0 Å². The second-order valence-electron chi connectivity index (χ2n) is 8.74. The van der Waals surface area contributed by atoms with Gasteiger partial charge in [-0.05, 0) is 49.3 Å². The van der Waals surface area contributed by atoms with Crippen molar-refractivity contribution < 1.29 is 17.9 Å². The van der Waals surface area contributed by atoms with Gasteiger partial charge in [-0.3, -0.25) is 0 Å². The fraction of sp³-hybridized carbons (Fsp3) is 0.737. The van der Waals surface area contributed by atoms with E-state index in [1.807, 2.05) is 0 Å². The maximum atomic E-state index is 12.7. The van der Waals surface area contributed by atoms with E-state index in [0.29, 0.717) is 16.5 Å². The Hall–Kier alpha value is -0.830. The molecule has 0 amide bonds. The second-order valence-corrected chi connectivity index (χ2v) is 9.87. The number of alkyl halides is 3. The molecule has 3 aliphatic rings. The quantitative estimate of drug-likeness (QED) is 0.715. The van der Waals surface area contributed by atoms with Crippen molar-refractivity contribution >= 4 is 11.9 Å². The van der Waals surface area contributed by atoms with Crippen LogP contribution >= 0.6 is 11.9 Å². The van der Waals surface area contributed by atoms with Gasteiger partial charge in [-0.25, -0.2) is 9.29 Å². The van der Waals surface area contributed by atoms with Gasteiger partial charge in [0.15, 0.2) is 0 Å². The molecule has 8 heteroatoms. The minimum atomic E-state index is -4.38. The smallest absolute Gasteiger partial charge is 0.381 e. The Kier molecular flexibility index (Phi) is 4.98. The highest BCUT2D eigenvalue weighted by molar-refractivity contribution is 7.97. The Morgan fingerprint density at radius 2 is 1.81 bits per heavy atom.